The van der Waals surface area contributed by atoms with Crippen molar-refractivity contribution in [3.05, 3.63) is 0 Å². The van der Waals surface area contributed by atoms with Crippen LogP contribution in [0.2, 0.25) is 0 Å². The number of carboxylic acids is 1. The summed E-state index contributed by atoms with van der Waals surface area (Å²) in [6.45, 7) is 5.96. The first-order valence-corrected chi connectivity index (χ1v) is 6.57. The predicted molar refractivity (Wildman–Crippen MR) is 71.8 cm³/mol. The number of nitrogens with one attached hydrogen (secondary N) is 2. The maximum Gasteiger partial charge on any atom is 0.328 e. The van der Waals surface area contributed by atoms with E-state index in [1.54, 1.807) is 13.8 Å². The first-order valence-electron chi connectivity index (χ1n) is 6.57. The molecule has 20 heavy (non-hydrogen) atoms. The van der Waals surface area contributed by atoms with Crippen LogP contribution in [0.3, 0.4) is 0 Å². The summed E-state index contributed by atoms with van der Waals surface area (Å²) >= 11 is 0. The van der Waals surface area contributed by atoms with Gasteiger partial charge in [0.15, 0.2) is 6.04 Å². The van der Waals surface area contributed by atoms with Gasteiger partial charge in [-0.2, -0.15) is 0 Å². The van der Waals surface area contributed by atoms with Gasteiger partial charge in [0.1, 0.15) is 12.7 Å². The Morgan fingerprint density at radius 1 is 1.10 bits per heavy atom. The molecule has 0 rings (SSSR count). The van der Waals surface area contributed by atoms with Crippen LogP contribution >= 0.6 is 0 Å². The Morgan fingerprint density at radius 2 is 1.65 bits per heavy atom. The molecule has 2 atom stereocenters. The number of amides is 2. The van der Waals surface area contributed by atoms with Crippen molar-refractivity contribution in [1.82, 2.24) is 10.6 Å². The molecule has 6 nitrogen and oxygen atoms in total. The SMILES string of the molecule is CC(C)CC(=O)NC(C(=O)NC(CF)C(=O)O)C(C)C. The summed E-state index contributed by atoms with van der Waals surface area (Å²) in [5.41, 5.74) is 0. The van der Waals surface area contributed by atoms with E-state index in [0.29, 0.717) is 0 Å². The normalized spacial score (nSPS) is 13.9. The smallest absolute Gasteiger partial charge is 0.328 e. The number of carbonyl (C=O) groups is 3. The highest BCUT2D eigenvalue weighted by molar-refractivity contribution is 5.90. The van der Waals surface area contributed by atoms with Gasteiger partial charge in [-0.25, -0.2) is 9.18 Å². The number of carbonyl (C=O) groups excluding carboxylic acids is 2. The van der Waals surface area contributed by atoms with Crippen LogP contribution in [0.15, 0.2) is 0 Å². The van der Waals surface area contributed by atoms with Gasteiger partial charge < -0.3 is 15.7 Å². The quantitative estimate of drug-likeness (QED) is 0.613. The summed E-state index contributed by atoms with van der Waals surface area (Å²) in [6.07, 6.45) is 0.266. The number of alkyl halides is 1. The minimum absolute atomic E-state index is 0.142. The lowest BCUT2D eigenvalue weighted by Gasteiger charge is -2.23. The predicted octanol–water partition coefficient (Wildman–Crippen LogP) is 0.712. The van der Waals surface area contributed by atoms with Gasteiger partial charge in [0.05, 0.1) is 0 Å². The van der Waals surface area contributed by atoms with E-state index in [-0.39, 0.29) is 24.2 Å². The van der Waals surface area contributed by atoms with E-state index in [4.69, 9.17) is 5.11 Å². The molecule has 0 aromatic heterocycles. The summed E-state index contributed by atoms with van der Waals surface area (Å²) in [6, 6.07) is -2.47. The van der Waals surface area contributed by atoms with Crippen LogP contribution < -0.4 is 10.6 Å². The van der Waals surface area contributed by atoms with Crippen LogP contribution in [0.5, 0.6) is 0 Å². The number of hydrogen-bond acceptors (Lipinski definition) is 3. The standard InChI is InChI=1S/C13H23FN2O4/c1-7(2)5-10(17)16-11(8(3)4)12(18)15-9(6-14)13(19)20/h7-9,11H,5-6H2,1-4H3,(H,15,18)(H,16,17)(H,19,20). The number of rotatable bonds is 8. The zero-order valence-corrected chi connectivity index (χ0v) is 12.3. The van der Waals surface area contributed by atoms with Crippen molar-refractivity contribution < 1.29 is 23.9 Å². The third kappa shape index (κ3) is 6.49. The van der Waals surface area contributed by atoms with Crippen LogP contribution in [0.4, 0.5) is 4.39 Å². The van der Waals surface area contributed by atoms with E-state index in [1.165, 1.54) is 0 Å². The molecule has 3 N–H and O–H groups in total. The maximum atomic E-state index is 12.5. The lowest BCUT2D eigenvalue weighted by molar-refractivity contribution is -0.143. The molecule has 0 aromatic carbocycles. The molecule has 0 heterocycles. The third-order valence-electron chi connectivity index (χ3n) is 2.63. The van der Waals surface area contributed by atoms with Crippen LogP contribution in [-0.2, 0) is 14.4 Å². The van der Waals surface area contributed by atoms with E-state index in [2.05, 4.69) is 10.6 Å². The molecule has 0 fully saturated rings. The molecule has 0 saturated carbocycles. The van der Waals surface area contributed by atoms with E-state index in [0.717, 1.165) is 0 Å². The molecular weight excluding hydrogens is 267 g/mol. The number of hydrogen-bond donors (Lipinski definition) is 3. The van der Waals surface area contributed by atoms with Gasteiger partial charge in [0, 0.05) is 6.42 Å². The maximum absolute atomic E-state index is 12.5. The highest BCUT2D eigenvalue weighted by atomic mass is 19.1. The van der Waals surface area contributed by atoms with Crippen molar-refractivity contribution in [3.8, 4) is 0 Å². The highest BCUT2D eigenvalue weighted by Gasteiger charge is 2.28. The highest BCUT2D eigenvalue weighted by Crippen LogP contribution is 2.05. The van der Waals surface area contributed by atoms with Gasteiger partial charge >= 0.3 is 5.97 Å². The Morgan fingerprint density at radius 3 is 2.00 bits per heavy atom. The van der Waals surface area contributed by atoms with Gasteiger partial charge in [-0.05, 0) is 11.8 Å². The number of carboxylic acid groups (broad SMARTS) is 1. The second-order valence-corrected chi connectivity index (χ2v) is 5.44. The Bertz CT molecular complexity index is 358. The minimum Gasteiger partial charge on any atom is -0.480 e. The molecule has 0 aromatic rings. The average molecular weight is 290 g/mol. The molecular formula is C13H23FN2O4. The summed E-state index contributed by atoms with van der Waals surface area (Å²) in [4.78, 5) is 34.3. The zero-order valence-electron chi connectivity index (χ0n) is 12.3. The molecule has 0 bridgehead atoms. The van der Waals surface area contributed by atoms with Crippen LogP contribution in [0.1, 0.15) is 34.1 Å². The van der Waals surface area contributed by atoms with E-state index in [1.807, 2.05) is 13.8 Å². The fraction of sp³-hybridized carbons (Fsp3) is 0.769. The van der Waals surface area contributed by atoms with Crippen molar-refractivity contribution in [2.75, 3.05) is 6.67 Å². The molecule has 0 radical (unpaired) electrons. The number of halogens is 1. The molecule has 116 valence electrons. The van der Waals surface area contributed by atoms with Gasteiger partial charge in [0.2, 0.25) is 11.8 Å². The van der Waals surface area contributed by atoms with Crippen molar-refractivity contribution >= 4 is 17.8 Å². The van der Waals surface area contributed by atoms with E-state index in [9.17, 15) is 18.8 Å². The topological polar surface area (TPSA) is 95.5 Å². The monoisotopic (exact) mass is 290 g/mol. The van der Waals surface area contributed by atoms with Gasteiger partial charge in [-0.15, -0.1) is 0 Å². The van der Waals surface area contributed by atoms with E-state index >= 15 is 0 Å². The van der Waals surface area contributed by atoms with E-state index < -0.39 is 30.6 Å². The van der Waals surface area contributed by atoms with Crippen molar-refractivity contribution in [1.29, 1.82) is 0 Å². The van der Waals surface area contributed by atoms with Crippen LogP contribution in [-0.4, -0.2) is 41.6 Å². The number of aliphatic carboxylic acids is 1. The van der Waals surface area contributed by atoms with Crippen molar-refractivity contribution in [2.45, 2.75) is 46.2 Å². The average Bonchev–Trinajstić information content (AvgIpc) is 2.30. The fourth-order valence-corrected chi connectivity index (χ4v) is 1.57. The Balaban J connectivity index is 4.70. The molecule has 0 aliphatic carbocycles. The van der Waals surface area contributed by atoms with Gasteiger partial charge in [-0.3, -0.25) is 9.59 Å². The zero-order chi connectivity index (χ0) is 15.9. The van der Waals surface area contributed by atoms with Crippen LogP contribution in [0.25, 0.3) is 0 Å². The first-order chi connectivity index (χ1) is 9.18. The third-order valence-corrected chi connectivity index (χ3v) is 2.63. The molecule has 0 spiro atoms. The van der Waals surface area contributed by atoms with Gasteiger partial charge in [0.25, 0.3) is 0 Å². The second kappa shape index (κ2) is 8.50. The van der Waals surface area contributed by atoms with Crippen molar-refractivity contribution in [3.63, 3.8) is 0 Å². The fourth-order valence-electron chi connectivity index (χ4n) is 1.57. The Hall–Kier alpha value is -1.66. The molecule has 2 amide bonds. The summed E-state index contributed by atoms with van der Waals surface area (Å²) in [5, 5.41) is 13.3. The van der Waals surface area contributed by atoms with Crippen LogP contribution in [0, 0.1) is 11.8 Å². The molecule has 7 heteroatoms. The largest absolute Gasteiger partial charge is 0.480 e. The molecule has 0 saturated heterocycles. The first kappa shape index (κ1) is 18.3. The summed E-state index contributed by atoms with van der Waals surface area (Å²) in [5.74, 6) is -2.52. The molecule has 2 unspecified atom stereocenters. The second-order valence-electron chi connectivity index (χ2n) is 5.44. The van der Waals surface area contributed by atoms with Gasteiger partial charge in [-0.1, -0.05) is 27.7 Å². The summed E-state index contributed by atoms with van der Waals surface area (Å²) < 4.78 is 12.5. The molecule has 0 aliphatic rings. The van der Waals surface area contributed by atoms with Crippen molar-refractivity contribution in [2.24, 2.45) is 11.8 Å². The lowest BCUT2D eigenvalue weighted by atomic mass is 10.0. The summed E-state index contributed by atoms with van der Waals surface area (Å²) in [7, 11) is 0. The minimum atomic E-state index is -1.59. The molecule has 0 aliphatic heterocycles. The lowest BCUT2D eigenvalue weighted by Crippen LogP contribution is -2.54. The Kier molecular flexibility index (Phi) is 7.79. The Labute approximate surface area is 118 Å².